The molecule has 0 aromatic heterocycles. The monoisotopic (exact) mass is 479 g/mol. The first-order chi connectivity index (χ1) is 13.9. The number of benzene rings is 1. The van der Waals surface area contributed by atoms with Gasteiger partial charge in [0.15, 0.2) is 6.61 Å². The number of unbranched alkanes of at least 4 members (excludes halogenated alkanes) is 1. The van der Waals surface area contributed by atoms with E-state index in [0.29, 0.717) is 31.8 Å². The fourth-order valence-electron chi connectivity index (χ4n) is 2.17. The molecule has 1 aliphatic rings. The summed E-state index contributed by atoms with van der Waals surface area (Å²) >= 11 is 6.80. The van der Waals surface area contributed by atoms with Crippen LogP contribution in [-0.2, 0) is 13.8 Å². The fraction of sp³-hybridized carbons (Fsp3) is 0.474. The lowest BCUT2D eigenvalue weighted by atomic mass is 10.3. The maximum Gasteiger partial charge on any atom is 0.257 e. The molecule has 2 atom stereocenters. The van der Waals surface area contributed by atoms with Gasteiger partial charge in [-0.15, -0.1) is 0 Å². The smallest absolute Gasteiger partial charge is 0.257 e. The zero-order chi connectivity index (χ0) is 21.2. The van der Waals surface area contributed by atoms with Crippen molar-refractivity contribution in [3.63, 3.8) is 0 Å². The van der Waals surface area contributed by atoms with E-state index in [4.69, 9.17) is 20.5 Å². The maximum absolute atomic E-state index is 13.3. The van der Waals surface area contributed by atoms with Gasteiger partial charge >= 0.3 is 0 Å². The lowest BCUT2D eigenvalue weighted by Crippen LogP contribution is -2.33. The number of hydrogen-bond donors (Lipinski definition) is 2. The van der Waals surface area contributed by atoms with Crippen molar-refractivity contribution in [3.8, 4) is 5.75 Å². The van der Waals surface area contributed by atoms with Gasteiger partial charge in [-0.2, -0.15) is 13.5 Å². The second-order valence-electron chi connectivity index (χ2n) is 6.42. The molecule has 1 aromatic carbocycles. The third-order valence-electron chi connectivity index (χ3n) is 3.91. The lowest BCUT2D eigenvalue weighted by molar-refractivity contribution is -0.123. The Balaban J connectivity index is 0.00000450. The van der Waals surface area contributed by atoms with Crippen LogP contribution in [0.5, 0.6) is 5.75 Å². The molecule has 2 amide bonds. The first kappa shape index (κ1) is 26.6. The van der Waals surface area contributed by atoms with E-state index >= 15 is 0 Å². The molecule has 7 nitrogen and oxygen atoms in total. The van der Waals surface area contributed by atoms with E-state index in [2.05, 4.69) is 24.1 Å². The predicted molar refractivity (Wildman–Crippen MR) is 121 cm³/mol. The quantitative estimate of drug-likeness (QED) is 0.196. The van der Waals surface area contributed by atoms with Gasteiger partial charge < -0.3 is 19.6 Å². The van der Waals surface area contributed by atoms with Crippen molar-refractivity contribution in [2.45, 2.75) is 32.2 Å². The Hall–Kier alpha value is -1.46. The summed E-state index contributed by atoms with van der Waals surface area (Å²) in [5.74, 6) is -0.907. The minimum atomic E-state index is -0.614. The van der Waals surface area contributed by atoms with Crippen LogP contribution in [0, 0.1) is 5.82 Å². The molecule has 168 valence electrons. The third kappa shape index (κ3) is 9.57. The molecule has 11 heteroatoms. The van der Waals surface area contributed by atoms with Crippen molar-refractivity contribution in [3.05, 3.63) is 41.3 Å². The van der Waals surface area contributed by atoms with Crippen molar-refractivity contribution >= 4 is 49.1 Å². The summed E-state index contributed by atoms with van der Waals surface area (Å²) in [5, 5.41) is 5.37. The highest BCUT2D eigenvalue weighted by Crippen LogP contribution is 2.29. The normalized spacial score (nSPS) is 16.9. The molecule has 0 spiro atoms. The Morgan fingerprint density at radius 2 is 2.20 bits per heavy atom. The Morgan fingerprint density at radius 1 is 1.43 bits per heavy atom. The highest BCUT2D eigenvalue weighted by Gasteiger charge is 2.42. The minimum Gasteiger partial charge on any atom is -0.484 e. The van der Waals surface area contributed by atoms with Crippen LogP contribution in [0.25, 0.3) is 0 Å². The third-order valence-corrected chi connectivity index (χ3v) is 5.08. The van der Waals surface area contributed by atoms with Crippen molar-refractivity contribution in [1.29, 1.82) is 0 Å². The largest absolute Gasteiger partial charge is 0.484 e. The lowest BCUT2D eigenvalue weighted by Gasteiger charge is -2.10. The number of carbonyl (C=O) groups is 2. The molecule has 30 heavy (non-hydrogen) atoms. The van der Waals surface area contributed by atoms with Gasteiger partial charge in [-0.3, -0.25) is 9.59 Å². The van der Waals surface area contributed by atoms with E-state index in [1.807, 2.05) is 4.31 Å². The van der Waals surface area contributed by atoms with E-state index in [9.17, 15) is 14.0 Å². The average Bonchev–Trinajstić information content (AvgIpc) is 3.46. The first-order valence-electron chi connectivity index (χ1n) is 9.30. The van der Waals surface area contributed by atoms with Gasteiger partial charge in [0, 0.05) is 31.3 Å². The van der Waals surface area contributed by atoms with Crippen LogP contribution < -0.4 is 15.4 Å². The zero-order valence-corrected chi connectivity index (χ0v) is 19.3. The van der Waals surface area contributed by atoms with Gasteiger partial charge in [-0.1, -0.05) is 31.5 Å². The van der Waals surface area contributed by atoms with Crippen LogP contribution in [0.4, 0.5) is 4.39 Å². The van der Waals surface area contributed by atoms with Crippen LogP contribution in [0.1, 0.15) is 26.2 Å². The Labute approximate surface area is 192 Å². The van der Waals surface area contributed by atoms with E-state index in [-0.39, 0.29) is 48.7 Å². The molecule has 0 saturated carbocycles. The number of nitrogens with zero attached hydrogens (tertiary/aromatic N) is 1. The van der Waals surface area contributed by atoms with Crippen molar-refractivity contribution < 1.29 is 22.9 Å². The zero-order valence-electron chi connectivity index (χ0n) is 16.7. The number of rotatable bonds is 13. The molecule has 1 saturated heterocycles. The van der Waals surface area contributed by atoms with E-state index in [0.717, 1.165) is 18.9 Å². The topological polar surface area (TPSA) is 79.7 Å². The van der Waals surface area contributed by atoms with Gasteiger partial charge in [0.25, 0.3) is 5.91 Å². The average molecular weight is 480 g/mol. The highest BCUT2D eigenvalue weighted by atomic mass is 35.5. The van der Waals surface area contributed by atoms with Gasteiger partial charge in [0.1, 0.15) is 17.6 Å². The fourth-order valence-corrected chi connectivity index (χ4v) is 3.01. The summed E-state index contributed by atoms with van der Waals surface area (Å²) in [4.78, 5) is 23.9. The minimum absolute atomic E-state index is 0. The Bertz CT molecular complexity index is 742. The second-order valence-corrected chi connectivity index (χ2v) is 7.68. The SMILES string of the molecule is C=C(CCNC(=O)COc1ccc(Cl)c(F)c1)NC(=O)C1CN1SOCCCC.S. The maximum atomic E-state index is 13.3. The molecular weight excluding hydrogens is 453 g/mol. The molecule has 0 aliphatic carbocycles. The van der Waals surface area contributed by atoms with Gasteiger partial charge in [0.05, 0.1) is 23.9 Å². The molecule has 1 aliphatic heterocycles. The van der Waals surface area contributed by atoms with Crippen LogP contribution >= 0.6 is 37.3 Å². The van der Waals surface area contributed by atoms with E-state index in [1.165, 1.54) is 24.4 Å². The van der Waals surface area contributed by atoms with Crippen LogP contribution in [0.15, 0.2) is 30.5 Å². The van der Waals surface area contributed by atoms with E-state index in [1.54, 1.807) is 0 Å². The summed E-state index contributed by atoms with van der Waals surface area (Å²) in [5.41, 5.74) is 0.514. The van der Waals surface area contributed by atoms with Crippen LogP contribution in [0.3, 0.4) is 0 Å². The van der Waals surface area contributed by atoms with Crippen molar-refractivity contribution in [2.75, 3.05) is 26.3 Å². The molecule has 0 bridgehead atoms. The number of ether oxygens (including phenoxy) is 1. The van der Waals surface area contributed by atoms with Gasteiger partial charge in [0.2, 0.25) is 5.91 Å². The highest BCUT2D eigenvalue weighted by molar-refractivity contribution is 7.92. The summed E-state index contributed by atoms with van der Waals surface area (Å²) in [7, 11) is 0. The Kier molecular flexibility index (Phi) is 12.2. The van der Waals surface area contributed by atoms with Crippen molar-refractivity contribution in [2.24, 2.45) is 0 Å². The number of nitrogens with one attached hydrogen (secondary N) is 2. The van der Waals surface area contributed by atoms with Gasteiger partial charge in [-0.25, -0.2) is 8.70 Å². The summed E-state index contributed by atoms with van der Waals surface area (Å²) < 4.78 is 25.8. The molecule has 2 rings (SSSR count). The Morgan fingerprint density at radius 3 is 2.90 bits per heavy atom. The number of amides is 2. The van der Waals surface area contributed by atoms with Crippen molar-refractivity contribution in [1.82, 2.24) is 14.9 Å². The standard InChI is InChI=1S/C19H25ClFN3O4S.H2S/c1-3-4-9-28-29-24-11-17(24)19(26)23-13(2)7-8-22-18(25)12-27-14-5-6-15(20)16(21)10-14;/h5-6,10,17H,2-4,7-9,11-12H2,1H3,(H,22,25)(H,23,26);1H2. The summed E-state index contributed by atoms with van der Waals surface area (Å²) in [6, 6.07) is 3.72. The molecule has 0 radical (unpaired) electrons. The number of hydrogen-bond acceptors (Lipinski definition) is 6. The second kappa shape index (κ2) is 13.8. The molecule has 1 heterocycles. The van der Waals surface area contributed by atoms with E-state index < -0.39 is 5.82 Å². The van der Waals surface area contributed by atoms with Crippen LogP contribution in [-0.4, -0.2) is 48.5 Å². The molecule has 2 unspecified atom stereocenters. The molecule has 1 fully saturated rings. The number of halogens is 2. The first-order valence-corrected chi connectivity index (χ1v) is 10.4. The van der Waals surface area contributed by atoms with Crippen LogP contribution in [0.2, 0.25) is 5.02 Å². The summed E-state index contributed by atoms with van der Waals surface area (Å²) in [6.45, 7) is 7.22. The molecule has 2 N–H and O–H groups in total. The number of carbonyl (C=O) groups excluding carboxylic acids is 2. The predicted octanol–water partition coefficient (Wildman–Crippen LogP) is 3.17. The molecular formula is C19H27ClFN3O4S2. The molecule has 1 aromatic rings. The van der Waals surface area contributed by atoms with Gasteiger partial charge in [-0.05, 0) is 18.6 Å². The summed E-state index contributed by atoms with van der Waals surface area (Å²) in [6.07, 6.45) is 2.44.